The molecule has 1 N–H and O–H groups in total. The van der Waals surface area contributed by atoms with Gasteiger partial charge in [0, 0.05) is 24.0 Å². The molecule has 1 saturated heterocycles. The highest BCUT2D eigenvalue weighted by Gasteiger charge is 2.22. The fourth-order valence-electron chi connectivity index (χ4n) is 2.39. The van der Waals surface area contributed by atoms with E-state index >= 15 is 0 Å². The van der Waals surface area contributed by atoms with Gasteiger partial charge >= 0.3 is 0 Å². The van der Waals surface area contributed by atoms with Gasteiger partial charge in [-0.2, -0.15) is 0 Å². The van der Waals surface area contributed by atoms with Crippen molar-refractivity contribution >= 4 is 11.3 Å². The Kier molecular flexibility index (Phi) is 4.32. The van der Waals surface area contributed by atoms with E-state index in [1.54, 1.807) is 11.3 Å². The van der Waals surface area contributed by atoms with E-state index < -0.39 is 0 Å². The van der Waals surface area contributed by atoms with Gasteiger partial charge in [-0.3, -0.25) is 4.90 Å². The van der Waals surface area contributed by atoms with Crippen LogP contribution >= 0.6 is 11.3 Å². The molecular weight excluding hydrogens is 218 g/mol. The van der Waals surface area contributed by atoms with Crippen LogP contribution in [0.25, 0.3) is 0 Å². The van der Waals surface area contributed by atoms with E-state index in [4.69, 9.17) is 0 Å². The lowest BCUT2D eigenvalue weighted by Crippen LogP contribution is -2.37. The molecule has 0 aliphatic carbocycles. The van der Waals surface area contributed by atoms with E-state index in [0.29, 0.717) is 0 Å². The van der Waals surface area contributed by atoms with Gasteiger partial charge < -0.3 is 5.32 Å². The maximum absolute atomic E-state index is 4.27. The van der Waals surface area contributed by atoms with E-state index in [1.807, 2.05) is 5.51 Å². The Bertz CT molecular complexity index is 324. The summed E-state index contributed by atoms with van der Waals surface area (Å²) in [6.45, 7) is 8.90. The van der Waals surface area contributed by atoms with Gasteiger partial charge in [-0.1, -0.05) is 6.92 Å². The molecule has 1 aromatic heterocycles. The number of hydrogen-bond acceptors (Lipinski definition) is 4. The van der Waals surface area contributed by atoms with Crippen molar-refractivity contribution in [1.29, 1.82) is 0 Å². The maximum Gasteiger partial charge on any atom is 0.0798 e. The molecule has 3 nitrogen and oxygen atoms in total. The number of thiazole rings is 1. The van der Waals surface area contributed by atoms with E-state index in [2.05, 4.69) is 29.0 Å². The summed E-state index contributed by atoms with van der Waals surface area (Å²) in [5.74, 6) is 0. The van der Waals surface area contributed by atoms with Gasteiger partial charge in [-0.25, -0.2) is 4.98 Å². The highest BCUT2D eigenvalue weighted by Crippen LogP contribution is 2.16. The van der Waals surface area contributed by atoms with E-state index in [0.717, 1.165) is 19.1 Å². The number of rotatable bonds is 5. The molecule has 2 rings (SSSR count). The molecule has 1 aromatic rings. The molecule has 0 saturated carbocycles. The first-order valence-corrected chi connectivity index (χ1v) is 7.03. The van der Waals surface area contributed by atoms with Crippen LogP contribution < -0.4 is 5.32 Å². The third-order valence-electron chi connectivity index (χ3n) is 3.42. The zero-order valence-electron chi connectivity index (χ0n) is 10.2. The lowest BCUT2D eigenvalue weighted by atomic mass is 10.2. The summed E-state index contributed by atoms with van der Waals surface area (Å²) in [6, 6.07) is 0.748. The second-order valence-corrected chi connectivity index (χ2v) is 5.36. The Balaban J connectivity index is 1.74. The quantitative estimate of drug-likeness (QED) is 0.852. The van der Waals surface area contributed by atoms with Gasteiger partial charge in [0.2, 0.25) is 0 Å². The van der Waals surface area contributed by atoms with Crippen molar-refractivity contribution in [2.45, 2.75) is 39.3 Å². The molecule has 0 aromatic carbocycles. The molecule has 0 radical (unpaired) electrons. The van der Waals surface area contributed by atoms with Crippen LogP contribution in [0.5, 0.6) is 0 Å². The molecular formula is C12H21N3S. The third kappa shape index (κ3) is 2.81. The third-order valence-corrected chi connectivity index (χ3v) is 4.35. The highest BCUT2D eigenvalue weighted by molar-refractivity contribution is 7.09. The Hall–Kier alpha value is -0.450. The van der Waals surface area contributed by atoms with Gasteiger partial charge in [0.05, 0.1) is 11.2 Å². The molecule has 2 heterocycles. The van der Waals surface area contributed by atoms with Crippen LogP contribution in [0.4, 0.5) is 0 Å². The number of likely N-dealkylation sites (tertiary alicyclic amines) is 1. The summed E-state index contributed by atoms with van der Waals surface area (Å²) in [5, 5.41) is 3.56. The van der Waals surface area contributed by atoms with Crippen molar-refractivity contribution in [3.8, 4) is 0 Å². The van der Waals surface area contributed by atoms with E-state index in [-0.39, 0.29) is 0 Å². The number of hydrogen-bond donors (Lipinski definition) is 1. The zero-order chi connectivity index (χ0) is 11.4. The second kappa shape index (κ2) is 5.75. The number of nitrogens with zero attached hydrogens (tertiary/aromatic N) is 2. The van der Waals surface area contributed by atoms with Crippen LogP contribution in [-0.4, -0.2) is 35.6 Å². The predicted molar refractivity (Wildman–Crippen MR) is 68.8 cm³/mol. The summed E-state index contributed by atoms with van der Waals surface area (Å²) >= 11 is 1.75. The van der Waals surface area contributed by atoms with Crippen molar-refractivity contribution < 1.29 is 0 Å². The molecule has 90 valence electrons. The first kappa shape index (κ1) is 12.0. The molecule has 1 aliphatic rings. The zero-order valence-corrected chi connectivity index (χ0v) is 11.0. The number of likely N-dealkylation sites (N-methyl/N-ethyl adjacent to an activating group) is 1. The van der Waals surface area contributed by atoms with Crippen molar-refractivity contribution in [3.05, 3.63) is 16.1 Å². The Morgan fingerprint density at radius 3 is 3.19 bits per heavy atom. The average Bonchev–Trinajstić information content (AvgIpc) is 2.88. The van der Waals surface area contributed by atoms with E-state index in [9.17, 15) is 0 Å². The van der Waals surface area contributed by atoms with Crippen molar-refractivity contribution in [2.75, 3.05) is 19.6 Å². The largest absolute Gasteiger partial charge is 0.310 e. The van der Waals surface area contributed by atoms with Crippen LogP contribution in [0, 0.1) is 6.92 Å². The van der Waals surface area contributed by atoms with Crippen LogP contribution in [-0.2, 0) is 6.54 Å². The summed E-state index contributed by atoms with van der Waals surface area (Å²) in [6.07, 6.45) is 2.71. The number of aryl methyl sites for hydroxylation is 1. The van der Waals surface area contributed by atoms with Gasteiger partial charge in [0.15, 0.2) is 0 Å². The SMILES string of the molecule is CCN1CCCC1CNCc1scnc1C. The lowest BCUT2D eigenvalue weighted by Gasteiger charge is -2.22. The molecule has 4 heteroatoms. The smallest absolute Gasteiger partial charge is 0.0798 e. The topological polar surface area (TPSA) is 28.2 Å². The van der Waals surface area contributed by atoms with Gasteiger partial charge in [0.1, 0.15) is 0 Å². The maximum atomic E-state index is 4.27. The highest BCUT2D eigenvalue weighted by atomic mass is 32.1. The van der Waals surface area contributed by atoms with E-state index in [1.165, 1.54) is 36.5 Å². The Morgan fingerprint density at radius 1 is 1.62 bits per heavy atom. The Morgan fingerprint density at radius 2 is 2.50 bits per heavy atom. The van der Waals surface area contributed by atoms with Crippen molar-refractivity contribution in [3.63, 3.8) is 0 Å². The monoisotopic (exact) mass is 239 g/mol. The standard InChI is InChI=1S/C12H21N3S/c1-3-15-6-4-5-11(15)7-13-8-12-10(2)14-9-16-12/h9,11,13H,3-8H2,1-2H3. The van der Waals surface area contributed by atoms with Gasteiger partial charge in [0.25, 0.3) is 0 Å². The fourth-order valence-corrected chi connectivity index (χ4v) is 3.14. The Labute approximate surface area is 102 Å². The minimum absolute atomic E-state index is 0.748. The summed E-state index contributed by atoms with van der Waals surface area (Å²) < 4.78 is 0. The summed E-state index contributed by atoms with van der Waals surface area (Å²) in [4.78, 5) is 8.22. The molecule has 1 atom stereocenters. The molecule has 16 heavy (non-hydrogen) atoms. The molecule has 1 aliphatic heterocycles. The second-order valence-electron chi connectivity index (χ2n) is 4.42. The molecule has 1 unspecified atom stereocenters. The van der Waals surface area contributed by atoms with Crippen LogP contribution in [0.15, 0.2) is 5.51 Å². The molecule has 0 bridgehead atoms. The average molecular weight is 239 g/mol. The summed E-state index contributed by atoms with van der Waals surface area (Å²) in [7, 11) is 0. The minimum atomic E-state index is 0.748. The predicted octanol–water partition coefficient (Wildman–Crippen LogP) is 2.03. The first-order chi connectivity index (χ1) is 7.81. The van der Waals surface area contributed by atoms with Crippen molar-refractivity contribution in [2.24, 2.45) is 0 Å². The lowest BCUT2D eigenvalue weighted by molar-refractivity contribution is 0.260. The normalized spacial score (nSPS) is 21.8. The molecule has 0 spiro atoms. The first-order valence-electron chi connectivity index (χ1n) is 6.15. The fraction of sp³-hybridized carbons (Fsp3) is 0.750. The van der Waals surface area contributed by atoms with Gasteiger partial charge in [-0.05, 0) is 32.9 Å². The van der Waals surface area contributed by atoms with Gasteiger partial charge in [-0.15, -0.1) is 11.3 Å². The summed E-state index contributed by atoms with van der Waals surface area (Å²) in [5.41, 5.74) is 3.11. The van der Waals surface area contributed by atoms with Crippen LogP contribution in [0.1, 0.15) is 30.3 Å². The number of nitrogens with one attached hydrogen (secondary N) is 1. The molecule has 0 amide bonds. The number of aromatic nitrogens is 1. The van der Waals surface area contributed by atoms with Crippen LogP contribution in [0.2, 0.25) is 0 Å². The molecule has 1 fully saturated rings. The van der Waals surface area contributed by atoms with Crippen molar-refractivity contribution in [1.82, 2.24) is 15.2 Å². The minimum Gasteiger partial charge on any atom is -0.310 e. The van der Waals surface area contributed by atoms with Crippen LogP contribution in [0.3, 0.4) is 0 Å².